The number of para-hydroxylation sites is 1. The lowest BCUT2D eigenvalue weighted by Gasteiger charge is -2.05. The number of fused-ring (bicyclic) bond motifs is 1. The maximum absolute atomic E-state index is 12.1. The molecule has 0 radical (unpaired) electrons. The Bertz CT molecular complexity index is 823. The lowest BCUT2D eigenvalue weighted by Crippen LogP contribution is -2.30. The van der Waals surface area contributed by atoms with Gasteiger partial charge in [0.05, 0.1) is 0 Å². The normalized spacial score (nSPS) is 11.0. The van der Waals surface area contributed by atoms with Gasteiger partial charge in [0.25, 0.3) is 5.91 Å². The standard InChI is InChI=1S/C16H18N4O2/c1-2-20-14(10-18-16(20)22)15(21)17-8-7-12-9-11-5-3-4-6-13(11)19-12/h3-6,9-10,19H,2,7-8H2,1H3,(H,17,21)(H,18,22). The molecule has 6 heteroatoms. The molecule has 3 rings (SSSR count). The van der Waals surface area contributed by atoms with Crippen molar-refractivity contribution in [1.82, 2.24) is 19.9 Å². The molecule has 0 fully saturated rings. The van der Waals surface area contributed by atoms with Crippen molar-refractivity contribution in [2.45, 2.75) is 19.9 Å². The minimum Gasteiger partial charge on any atom is -0.358 e. The molecule has 1 amide bonds. The highest BCUT2D eigenvalue weighted by Crippen LogP contribution is 2.14. The van der Waals surface area contributed by atoms with Crippen molar-refractivity contribution in [3.8, 4) is 0 Å². The zero-order valence-corrected chi connectivity index (χ0v) is 12.3. The fraction of sp³-hybridized carbons (Fsp3) is 0.250. The monoisotopic (exact) mass is 298 g/mol. The molecule has 3 aromatic rings. The van der Waals surface area contributed by atoms with E-state index in [0.717, 1.165) is 16.6 Å². The minimum atomic E-state index is -0.261. The number of amides is 1. The highest BCUT2D eigenvalue weighted by Gasteiger charge is 2.12. The number of imidazole rings is 1. The van der Waals surface area contributed by atoms with Gasteiger partial charge in [-0.25, -0.2) is 4.79 Å². The van der Waals surface area contributed by atoms with Gasteiger partial charge in [0.2, 0.25) is 0 Å². The maximum Gasteiger partial charge on any atom is 0.326 e. The van der Waals surface area contributed by atoms with Crippen LogP contribution in [0.15, 0.2) is 41.3 Å². The molecule has 0 aliphatic rings. The van der Waals surface area contributed by atoms with Crippen molar-refractivity contribution in [3.63, 3.8) is 0 Å². The summed E-state index contributed by atoms with van der Waals surface area (Å²) < 4.78 is 1.41. The van der Waals surface area contributed by atoms with Gasteiger partial charge >= 0.3 is 5.69 Å². The van der Waals surface area contributed by atoms with Crippen LogP contribution in [-0.4, -0.2) is 27.0 Å². The summed E-state index contributed by atoms with van der Waals surface area (Å²) in [4.78, 5) is 29.5. The molecule has 3 N–H and O–H groups in total. The van der Waals surface area contributed by atoms with Gasteiger partial charge in [-0.1, -0.05) is 18.2 Å². The second-order valence-corrected chi connectivity index (χ2v) is 5.11. The van der Waals surface area contributed by atoms with Crippen LogP contribution in [0.25, 0.3) is 10.9 Å². The summed E-state index contributed by atoms with van der Waals surface area (Å²) >= 11 is 0. The van der Waals surface area contributed by atoms with Gasteiger partial charge in [-0.05, 0) is 24.4 Å². The van der Waals surface area contributed by atoms with Gasteiger partial charge in [0, 0.05) is 36.9 Å². The summed E-state index contributed by atoms with van der Waals surface area (Å²) in [6.45, 7) is 2.80. The fourth-order valence-electron chi connectivity index (χ4n) is 2.57. The third kappa shape index (κ3) is 2.67. The van der Waals surface area contributed by atoms with Crippen molar-refractivity contribution in [1.29, 1.82) is 0 Å². The van der Waals surface area contributed by atoms with Crippen LogP contribution < -0.4 is 11.0 Å². The van der Waals surface area contributed by atoms with Crippen LogP contribution in [0, 0.1) is 0 Å². The summed E-state index contributed by atoms with van der Waals surface area (Å²) in [7, 11) is 0. The SMILES string of the molecule is CCn1c(C(=O)NCCc2cc3ccccc3[nH]2)c[nH]c1=O. The van der Waals surface area contributed by atoms with E-state index in [9.17, 15) is 9.59 Å². The zero-order chi connectivity index (χ0) is 15.5. The van der Waals surface area contributed by atoms with E-state index in [1.54, 1.807) is 0 Å². The molecule has 0 unspecified atom stereocenters. The average molecular weight is 298 g/mol. The third-order valence-corrected chi connectivity index (χ3v) is 3.68. The smallest absolute Gasteiger partial charge is 0.326 e. The number of nitrogens with zero attached hydrogens (tertiary/aromatic N) is 1. The van der Waals surface area contributed by atoms with Crippen molar-refractivity contribution >= 4 is 16.8 Å². The van der Waals surface area contributed by atoms with Gasteiger partial charge in [-0.3, -0.25) is 9.36 Å². The van der Waals surface area contributed by atoms with Crippen LogP contribution in [0.5, 0.6) is 0 Å². The Labute approximate surface area is 127 Å². The summed E-state index contributed by atoms with van der Waals surface area (Å²) in [6, 6.07) is 10.1. The Hall–Kier alpha value is -2.76. The summed E-state index contributed by atoms with van der Waals surface area (Å²) in [5.74, 6) is -0.240. The van der Waals surface area contributed by atoms with Crippen molar-refractivity contribution in [2.75, 3.05) is 6.54 Å². The predicted molar refractivity (Wildman–Crippen MR) is 85.1 cm³/mol. The second kappa shape index (κ2) is 5.93. The lowest BCUT2D eigenvalue weighted by atomic mass is 10.2. The highest BCUT2D eigenvalue weighted by molar-refractivity contribution is 5.92. The second-order valence-electron chi connectivity index (χ2n) is 5.11. The topological polar surface area (TPSA) is 82.7 Å². The van der Waals surface area contributed by atoms with Gasteiger partial charge in [-0.15, -0.1) is 0 Å². The number of aromatic amines is 2. The first-order valence-corrected chi connectivity index (χ1v) is 7.32. The van der Waals surface area contributed by atoms with Gasteiger partial charge in [0.15, 0.2) is 0 Å². The van der Waals surface area contributed by atoms with E-state index in [2.05, 4.69) is 21.4 Å². The van der Waals surface area contributed by atoms with E-state index in [-0.39, 0.29) is 11.6 Å². The molecule has 1 aromatic carbocycles. The number of benzene rings is 1. The molecule has 2 aromatic heterocycles. The minimum absolute atomic E-state index is 0.240. The first-order valence-electron chi connectivity index (χ1n) is 7.32. The Morgan fingerprint density at radius 2 is 2.14 bits per heavy atom. The molecule has 22 heavy (non-hydrogen) atoms. The van der Waals surface area contributed by atoms with E-state index < -0.39 is 0 Å². The fourth-order valence-corrected chi connectivity index (χ4v) is 2.57. The van der Waals surface area contributed by atoms with Gasteiger partial charge in [0.1, 0.15) is 5.69 Å². The quantitative estimate of drug-likeness (QED) is 0.669. The summed E-state index contributed by atoms with van der Waals surface area (Å²) in [5.41, 5.74) is 2.27. The van der Waals surface area contributed by atoms with E-state index in [0.29, 0.717) is 25.2 Å². The highest BCUT2D eigenvalue weighted by atomic mass is 16.2. The molecule has 0 atom stereocenters. The van der Waals surface area contributed by atoms with E-state index in [1.165, 1.54) is 10.8 Å². The molecule has 114 valence electrons. The van der Waals surface area contributed by atoms with Crippen molar-refractivity contribution in [2.24, 2.45) is 0 Å². The Morgan fingerprint density at radius 1 is 1.32 bits per heavy atom. The van der Waals surface area contributed by atoms with Crippen LogP contribution in [-0.2, 0) is 13.0 Å². The van der Waals surface area contributed by atoms with Gasteiger partial charge < -0.3 is 15.3 Å². The number of aromatic nitrogens is 3. The molecule has 6 nitrogen and oxygen atoms in total. The Balaban J connectivity index is 1.62. The number of hydrogen-bond acceptors (Lipinski definition) is 2. The molecule has 2 heterocycles. The number of H-pyrrole nitrogens is 2. The molecule has 0 aliphatic carbocycles. The average Bonchev–Trinajstić information content (AvgIpc) is 3.09. The van der Waals surface area contributed by atoms with E-state index in [4.69, 9.17) is 0 Å². The van der Waals surface area contributed by atoms with Crippen molar-refractivity contribution in [3.05, 3.63) is 58.4 Å². The Morgan fingerprint density at radius 3 is 2.91 bits per heavy atom. The van der Waals surface area contributed by atoms with Crippen LogP contribution in [0.2, 0.25) is 0 Å². The van der Waals surface area contributed by atoms with Crippen molar-refractivity contribution < 1.29 is 4.79 Å². The molecule has 0 bridgehead atoms. The van der Waals surface area contributed by atoms with E-state index in [1.807, 2.05) is 31.2 Å². The molecule has 0 spiro atoms. The van der Waals surface area contributed by atoms with Gasteiger partial charge in [-0.2, -0.15) is 0 Å². The molecular formula is C16H18N4O2. The number of hydrogen-bond donors (Lipinski definition) is 3. The van der Waals surface area contributed by atoms with Crippen LogP contribution in [0.4, 0.5) is 0 Å². The largest absolute Gasteiger partial charge is 0.358 e. The first kappa shape index (κ1) is 14.2. The molecule has 0 saturated heterocycles. The Kier molecular flexibility index (Phi) is 3.82. The van der Waals surface area contributed by atoms with Crippen LogP contribution in [0.3, 0.4) is 0 Å². The zero-order valence-electron chi connectivity index (χ0n) is 12.3. The number of carbonyl (C=O) groups excluding carboxylic acids is 1. The lowest BCUT2D eigenvalue weighted by molar-refractivity contribution is 0.0944. The van der Waals surface area contributed by atoms with Crippen LogP contribution in [0.1, 0.15) is 23.1 Å². The van der Waals surface area contributed by atoms with Crippen LogP contribution >= 0.6 is 0 Å². The molecule has 0 saturated carbocycles. The predicted octanol–water partition coefficient (Wildman–Crippen LogP) is 1.65. The third-order valence-electron chi connectivity index (χ3n) is 3.68. The molecule has 0 aliphatic heterocycles. The number of carbonyl (C=O) groups is 1. The molecular weight excluding hydrogens is 280 g/mol. The number of nitrogens with one attached hydrogen (secondary N) is 3. The summed E-state index contributed by atoms with van der Waals surface area (Å²) in [5, 5.41) is 4.00. The first-order chi connectivity index (χ1) is 10.7. The summed E-state index contributed by atoms with van der Waals surface area (Å²) in [6.07, 6.45) is 2.16. The number of rotatable bonds is 5. The maximum atomic E-state index is 12.1. The van der Waals surface area contributed by atoms with E-state index >= 15 is 0 Å².